The Labute approximate surface area is 164 Å². The zero-order valence-electron chi connectivity index (χ0n) is 15.6. The topological polar surface area (TPSA) is 98.4 Å². The first-order valence-electron chi connectivity index (χ1n) is 8.99. The Hall–Kier alpha value is -3.17. The summed E-state index contributed by atoms with van der Waals surface area (Å²) in [6, 6.07) is 3.06. The lowest BCUT2D eigenvalue weighted by molar-refractivity contribution is -0.141. The third-order valence-electron chi connectivity index (χ3n) is 4.62. The highest BCUT2D eigenvalue weighted by Crippen LogP contribution is 2.35. The molecule has 2 N–H and O–H groups in total. The molecule has 29 heavy (non-hydrogen) atoms. The van der Waals surface area contributed by atoms with Crippen molar-refractivity contribution in [3.63, 3.8) is 0 Å². The second-order valence-corrected chi connectivity index (χ2v) is 6.51. The fourth-order valence-electron chi connectivity index (χ4n) is 3.25. The maximum absolute atomic E-state index is 13.1. The number of esters is 1. The van der Waals surface area contributed by atoms with E-state index in [-0.39, 0.29) is 23.6 Å². The normalized spacial score (nSPS) is 16.7. The van der Waals surface area contributed by atoms with Crippen LogP contribution in [0.2, 0.25) is 0 Å². The van der Waals surface area contributed by atoms with Crippen LogP contribution in [-0.2, 0) is 10.9 Å². The summed E-state index contributed by atoms with van der Waals surface area (Å²) < 4.78 is 43.1. The molecular weight excluding hydrogens is 389 g/mol. The number of nitrogens with two attached hydrogens (primary N) is 1. The third kappa shape index (κ3) is 4.30. The SMILES string of the molecule is CCOC(=O)c1cc(C(=O)N2CCC[C@@H]2c2ccc(C(F)(F)F)nc2)c(N)cn1. The molecule has 2 aromatic rings. The van der Waals surface area contributed by atoms with Crippen molar-refractivity contribution in [2.24, 2.45) is 0 Å². The molecule has 1 aliphatic rings. The molecule has 0 bridgehead atoms. The molecule has 0 aliphatic carbocycles. The fourth-order valence-corrected chi connectivity index (χ4v) is 3.25. The van der Waals surface area contributed by atoms with Crippen molar-refractivity contribution in [3.8, 4) is 0 Å². The van der Waals surface area contributed by atoms with Crippen LogP contribution in [0.25, 0.3) is 0 Å². The summed E-state index contributed by atoms with van der Waals surface area (Å²) in [5.74, 6) is -1.11. The van der Waals surface area contributed by atoms with Crippen molar-refractivity contribution in [1.29, 1.82) is 0 Å². The minimum absolute atomic E-state index is 0.0451. The van der Waals surface area contributed by atoms with Gasteiger partial charge in [-0.25, -0.2) is 9.78 Å². The average Bonchev–Trinajstić information content (AvgIpc) is 3.17. The molecule has 0 saturated carbocycles. The maximum Gasteiger partial charge on any atom is 0.433 e. The number of alkyl halides is 3. The van der Waals surface area contributed by atoms with E-state index < -0.39 is 29.8 Å². The summed E-state index contributed by atoms with van der Waals surface area (Å²) in [5, 5.41) is 0. The van der Waals surface area contributed by atoms with Gasteiger partial charge in [-0.05, 0) is 37.5 Å². The van der Waals surface area contributed by atoms with Crippen LogP contribution in [0.5, 0.6) is 0 Å². The van der Waals surface area contributed by atoms with Gasteiger partial charge in [-0.1, -0.05) is 6.07 Å². The van der Waals surface area contributed by atoms with Gasteiger partial charge in [-0.15, -0.1) is 0 Å². The first-order valence-corrected chi connectivity index (χ1v) is 8.99. The summed E-state index contributed by atoms with van der Waals surface area (Å²) in [6.45, 7) is 2.21. The quantitative estimate of drug-likeness (QED) is 0.780. The van der Waals surface area contributed by atoms with Gasteiger partial charge in [0.2, 0.25) is 0 Å². The lowest BCUT2D eigenvalue weighted by Crippen LogP contribution is -2.31. The standard InChI is InChI=1S/C19H19F3N4O3/c1-2-29-18(28)14-8-12(13(23)10-24-14)17(27)26-7-3-4-15(26)11-5-6-16(25-9-11)19(20,21)22/h5-6,8-10,15H,2-4,7,23H2,1H3/t15-/m1/s1. The van der Waals surface area contributed by atoms with Gasteiger partial charge in [0.05, 0.1) is 30.1 Å². The molecule has 154 valence electrons. The zero-order chi connectivity index (χ0) is 21.2. The molecule has 7 nitrogen and oxygen atoms in total. The minimum atomic E-state index is -4.53. The monoisotopic (exact) mass is 408 g/mol. The molecule has 1 fully saturated rings. The van der Waals surface area contributed by atoms with Crippen molar-refractivity contribution < 1.29 is 27.5 Å². The molecule has 1 saturated heterocycles. The molecule has 0 spiro atoms. The van der Waals surface area contributed by atoms with E-state index >= 15 is 0 Å². The first kappa shape index (κ1) is 20.6. The van der Waals surface area contributed by atoms with Crippen LogP contribution in [0, 0.1) is 0 Å². The van der Waals surface area contributed by atoms with Crippen molar-refractivity contribution in [3.05, 3.63) is 53.1 Å². The van der Waals surface area contributed by atoms with E-state index in [0.717, 1.165) is 12.3 Å². The Morgan fingerprint density at radius 1 is 1.28 bits per heavy atom. The summed E-state index contributed by atoms with van der Waals surface area (Å²) >= 11 is 0. The van der Waals surface area contributed by atoms with E-state index in [0.29, 0.717) is 24.9 Å². The molecule has 3 heterocycles. The van der Waals surface area contributed by atoms with Gasteiger partial charge in [0.25, 0.3) is 5.91 Å². The second kappa shape index (κ2) is 8.06. The number of carbonyl (C=O) groups is 2. The highest BCUT2D eigenvalue weighted by atomic mass is 19.4. The van der Waals surface area contributed by atoms with Gasteiger partial charge in [-0.3, -0.25) is 9.78 Å². The Balaban J connectivity index is 1.87. The largest absolute Gasteiger partial charge is 0.461 e. The summed E-state index contributed by atoms with van der Waals surface area (Å²) in [5.41, 5.74) is 5.54. The number of hydrogen-bond acceptors (Lipinski definition) is 6. The second-order valence-electron chi connectivity index (χ2n) is 6.51. The molecular formula is C19H19F3N4O3. The Morgan fingerprint density at radius 3 is 2.66 bits per heavy atom. The predicted molar refractivity (Wildman–Crippen MR) is 96.9 cm³/mol. The number of likely N-dealkylation sites (tertiary alicyclic amines) is 1. The molecule has 1 atom stereocenters. The summed E-state index contributed by atoms with van der Waals surface area (Å²) in [7, 11) is 0. The van der Waals surface area contributed by atoms with Crippen molar-refractivity contribution in [2.45, 2.75) is 32.0 Å². The Morgan fingerprint density at radius 2 is 2.03 bits per heavy atom. The van der Waals surface area contributed by atoms with Crippen molar-refractivity contribution in [1.82, 2.24) is 14.9 Å². The molecule has 10 heteroatoms. The number of carbonyl (C=O) groups excluding carboxylic acids is 2. The van der Waals surface area contributed by atoms with Crippen LogP contribution in [0.15, 0.2) is 30.6 Å². The number of nitrogen functional groups attached to an aromatic ring is 1. The van der Waals surface area contributed by atoms with Gasteiger partial charge in [0, 0.05) is 12.7 Å². The average molecular weight is 408 g/mol. The van der Waals surface area contributed by atoms with E-state index in [4.69, 9.17) is 10.5 Å². The van der Waals surface area contributed by atoms with Crippen LogP contribution < -0.4 is 5.73 Å². The first-order chi connectivity index (χ1) is 13.7. The van der Waals surface area contributed by atoms with E-state index in [1.54, 1.807) is 6.92 Å². The number of aromatic nitrogens is 2. The number of halogens is 3. The minimum Gasteiger partial charge on any atom is -0.461 e. The Bertz CT molecular complexity index is 916. The van der Waals surface area contributed by atoms with Crippen molar-refractivity contribution in [2.75, 3.05) is 18.9 Å². The lowest BCUT2D eigenvalue weighted by Gasteiger charge is -2.25. The van der Waals surface area contributed by atoms with E-state index in [1.807, 2.05) is 0 Å². The molecule has 2 aromatic heterocycles. The number of ether oxygens (including phenoxy) is 1. The predicted octanol–water partition coefficient (Wildman–Crippen LogP) is 3.23. The highest BCUT2D eigenvalue weighted by Gasteiger charge is 2.35. The molecule has 1 amide bonds. The molecule has 1 aliphatic heterocycles. The number of anilines is 1. The van der Waals surface area contributed by atoms with E-state index in [2.05, 4.69) is 9.97 Å². The van der Waals surface area contributed by atoms with Gasteiger partial charge in [0.15, 0.2) is 0 Å². The van der Waals surface area contributed by atoms with Crippen LogP contribution in [0.1, 0.15) is 57.9 Å². The summed E-state index contributed by atoms with van der Waals surface area (Å²) in [4.78, 5) is 33.9. The van der Waals surface area contributed by atoms with Crippen LogP contribution in [0.3, 0.4) is 0 Å². The van der Waals surface area contributed by atoms with Crippen LogP contribution in [0.4, 0.5) is 18.9 Å². The lowest BCUT2D eigenvalue weighted by atomic mass is 10.0. The number of amides is 1. The smallest absolute Gasteiger partial charge is 0.433 e. The number of rotatable bonds is 4. The summed E-state index contributed by atoms with van der Waals surface area (Å²) in [6.07, 6.45) is -0.927. The van der Waals surface area contributed by atoms with Crippen LogP contribution in [-0.4, -0.2) is 39.9 Å². The maximum atomic E-state index is 13.1. The molecule has 3 rings (SSSR count). The molecule has 0 radical (unpaired) electrons. The van der Waals surface area contributed by atoms with E-state index in [1.165, 1.54) is 23.2 Å². The van der Waals surface area contributed by atoms with Crippen molar-refractivity contribution >= 4 is 17.6 Å². The highest BCUT2D eigenvalue weighted by molar-refractivity contribution is 6.01. The number of pyridine rings is 2. The van der Waals surface area contributed by atoms with E-state index in [9.17, 15) is 22.8 Å². The third-order valence-corrected chi connectivity index (χ3v) is 4.62. The van der Waals surface area contributed by atoms with Gasteiger partial charge in [0.1, 0.15) is 11.4 Å². The van der Waals surface area contributed by atoms with Gasteiger partial charge < -0.3 is 15.4 Å². The fraction of sp³-hybridized carbons (Fsp3) is 0.368. The number of nitrogens with zero attached hydrogens (tertiary/aromatic N) is 3. The zero-order valence-corrected chi connectivity index (χ0v) is 15.6. The Kier molecular flexibility index (Phi) is 5.71. The van der Waals surface area contributed by atoms with Gasteiger partial charge >= 0.3 is 12.1 Å². The van der Waals surface area contributed by atoms with Gasteiger partial charge in [-0.2, -0.15) is 13.2 Å². The molecule has 0 unspecified atom stereocenters. The molecule has 0 aromatic carbocycles. The number of hydrogen-bond donors (Lipinski definition) is 1. The van der Waals surface area contributed by atoms with Crippen LogP contribution >= 0.6 is 0 Å².